The number of methoxy groups -OCH3 is 2. The van der Waals surface area contributed by atoms with Gasteiger partial charge in [0.15, 0.2) is 11.5 Å². The van der Waals surface area contributed by atoms with Crippen molar-refractivity contribution < 1.29 is 14.2 Å². The van der Waals surface area contributed by atoms with Gasteiger partial charge in [0.2, 0.25) is 0 Å². The highest BCUT2D eigenvalue weighted by Crippen LogP contribution is 2.37. The minimum atomic E-state index is -0.231. The lowest BCUT2D eigenvalue weighted by Crippen LogP contribution is -2.31. The SMILES string of the molecule is COc1cccc(C(NN)C2=CCCCO2)c1OC. The number of para-hydroxylation sites is 1. The number of hydrazine groups is 1. The molecule has 1 aliphatic heterocycles. The molecule has 1 aromatic rings. The molecule has 1 aromatic carbocycles. The molecule has 2 rings (SSSR count). The first-order valence-electron chi connectivity index (χ1n) is 6.31. The Morgan fingerprint density at radius 3 is 2.74 bits per heavy atom. The summed E-state index contributed by atoms with van der Waals surface area (Å²) in [5.74, 6) is 7.86. The van der Waals surface area contributed by atoms with Crippen LogP contribution in [0.4, 0.5) is 0 Å². The zero-order valence-electron chi connectivity index (χ0n) is 11.3. The van der Waals surface area contributed by atoms with Crippen molar-refractivity contribution in [1.29, 1.82) is 0 Å². The predicted molar refractivity (Wildman–Crippen MR) is 72.9 cm³/mol. The molecule has 0 aliphatic carbocycles. The number of hydrogen-bond donors (Lipinski definition) is 2. The Bertz CT molecular complexity index is 460. The number of allylic oxidation sites excluding steroid dienone is 1. The first-order chi connectivity index (χ1) is 9.31. The number of rotatable bonds is 5. The molecule has 104 valence electrons. The minimum Gasteiger partial charge on any atom is -0.496 e. The van der Waals surface area contributed by atoms with Crippen LogP contribution in [0.1, 0.15) is 24.4 Å². The molecule has 19 heavy (non-hydrogen) atoms. The lowest BCUT2D eigenvalue weighted by Gasteiger charge is -2.25. The Morgan fingerprint density at radius 1 is 1.32 bits per heavy atom. The van der Waals surface area contributed by atoms with E-state index in [4.69, 9.17) is 20.1 Å². The molecule has 0 saturated heterocycles. The highest BCUT2D eigenvalue weighted by molar-refractivity contribution is 5.49. The number of ether oxygens (including phenoxy) is 3. The van der Waals surface area contributed by atoms with Gasteiger partial charge in [-0.05, 0) is 25.0 Å². The van der Waals surface area contributed by atoms with Crippen LogP contribution in [-0.2, 0) is 4.74 Å². The van der Waals surface area contributed by atoms with Crippen LogP contribution in [0, 0.1) is 0 Å². The van der Waals surface area contributed by atoms with Crippen LogP contribution >= 0.6 is 0 Å². The number of nitrogens with one attached hydrogen (secondary N) is 1. The average Bonchev–Trinajstić information content (AvgIpc) is 2.48. The quantitative estimate of drug-likeness (QED) is 0.628. The Morgan fingerprint density at radius 2 is 2.16 bits per heavy atom. The summed E-state index contributed by atoms with van der Waals surface area (Å²) < 4.78 is 16.4. The van der Waals surface area contributed by atoms with E-state index in [2.05, 4.69) is 11.5 Å². The fourth-order valence-corrected chi connectivity index (χ4v) is 2.24. The third-order valence-electron chi connectivity index (χ3n) is 3.16. The van der Waals surface area contributed by atoms with E-state index in [0.29, 0.717) is 11.5 Å². The second-order valence-corrected chi connectivity index (χ2v) is 4.28. The third kappa shape index (κ3) is 2.83. The van der Waals surface area contributed by atoms with E-state index in [1.54, 1.807) is 14.2 Å². The summed E-state index contributed by atoms with van der Waals surface area (Å²) in [6.07, 6.45) is 4.10. The van der Waals surface area contributed by atoms with Gasteiger partial charge in [0, 0.05) is 5.56 Å². The first-order valence-corrected chi connectivity index (χ1v) is 6.31. The molecule has 0 bridgehead atoms. The van der Waals surface area contributed by atoms with Gasteiger partial charge < -0.3 is 14.2 Å². The van der Waals surface area contributed by atoms with Crippen molar-refractivity contribution in [2.75, 3.05) is 20.8 Å². The monoisotopic (exact) mass is 264 g/mol. The van der Waals surface area contributed by atoms with Gasteiger partial charge in [-0.2, -0.15) is 0 Å². The minimum absolute atomic E-state index is 0.231. The number of benzene rings is 1. The van der Waals surface area contributed by atoms with Crippen molar-refractivity contribution in [3.05, 3.63) is 35.6 Å². The van der Waals surface area contributed by atoms with Crippen LogP contribution in [0.15, 0.2) is 30.0 Å². The summed E-state index contributed by atoms with van der Waals surface area (Å²) in [4.78, 5) is 0. The molecule has 1 unspecified atom stereocenters. The summed E-state index contributed by atoms with van der Waals surface area (Å²) >= 11 is 0. The molecule has 3 N–H and O–H groups in total. The van der Waals surface area contributed by atoms with E-state index in [1.807, 2.05) is 18.2 Å². The second kappa shape index (κ2) is 6.45. The van der Waals surface area contributed by atoms with Crippen LogP contribution in [0.5, 0.6) is 11.5 Å². The summed E-state index contributed by atoms with van der Waals surface area (Å²) in [5.41, 5.74) is 3.69. The van der Waals surface area contributed by atoms with Crippen molar-refractivity contribution >= 4 is 0 Å². The van der Waals surface area contributed by atoms with Gasteiger partial charge in [-0.1, -0.05) is 12.1 Å². The van der Waals surface area contributed by atoms with E-state index < -0.39 is 0 Å². The smallest absolute Gasteiger partial charge is 0.165 e. The molecule has 0 spiro atoms. The van der Waals surface area contributed by atoms with Crippen molar-refractivity contribution in [2.24, 2.45) is 5.84 Å². The van der Waals surface area contributed by atoms with E-state index >= 15 is 0 Å². The average molecular weight is 264 g/mol. The molecule has 1 atom stereocenters. The Balaban J connectivity index is 2.40. The topological polar surface area (TPSA) is 65.7 Å². The number of nitrogens with two attached hydrogens (primary N) is 1. The Kier molecular flexibility index (Phi) is 4.65. The standard InChI is InChI=1S/C14H20N2O3/c1-17-12-8-5-6-10(14(12)18-2)13(16-15)11-7-3-4-9-19-11/h5-8,13,16H,3-4,9,15H2,1-2H3. The molecular formula is C14H20N2O3. The van der Waals surface area contributed by atoms with Gasteiger partial charge >= 0.3 is 0 Å². The second-order valence-electron chi connectivity index (χ2n) is 4.28. The molecular weight excluding hydrogens is 244 g/mol. The molecule has 5 nitrogen and oxygen atoms in total. The van der Waals surface area contributed by atoms with E-state index in [1.165, 1.54) is 0 Å². The Labute approximate surface area is 113 Å². The van der Waals surface area contributed by atoms with Crippen molar-refractivity contribution in [3.8, 4) is 11.5 Å². The summed E-state index contributed by atoms with van der Waals surface area (Å²) in [6, 6.07) is 5.48. The summed E-state index contributed by atoms with van der Waals surface area (Å²) in [5, 5.41) is 0. The van der Waals surface area contributed by atoms with Gasteiger partial charge in [0.05, 0.1) is 20.8 Å². The van der Waals surface area contributed by atoms with Gasteiger partial charge in [-0.25, -0.2) is 5.43 Å². The van der Waals surface area contributed by atoms with Crippen molar-refractivity contribution in [2.45, 2.75) is 18.9 Å². The maximum Gasteiger partial charge on any atom is 0.165 e. The van der Waals surface area contributed by atoms with E-state index in [0.717, 1.165) is 30.8 Å². The highest BCUT2D eigenvalue weighted by atomic mass is 16.5. The maximum atomic E-state index is 5.68. The highest BCUT2D eigenvalue weighted by Gasteiger charge is 2.23. The van der Waals surface area contributed by atoms with Crippen LogP contribution in [0.25, 0.3) is 0 Å². The molecule has 0 aromatic heterocycles. The van der Waals surface area contributed by atoms with Gasteiger partial charge in [-0.3, -0.25) is 5.84 Å². The summed E-state index contributed by atoms with van der Waals surface area (Å²) in [6.45, 7) is 0.719. The third-order valence-corrected chi connectivity index (χ3v) is 3.16. The fraction of sp³-hybridized carbons (Fsp3) is 0.429. The van der Waals surface area contributed by atoms with Gasteiger partial charge in [0.1, 0.15) is 11.8 Å². The molecule has 0 saturated carbocycles. The van der Waals surface area contributed by atoms with Gasteiger partial charge in [0.25, 0.3) is 0 Å². The Hall–Kier alpha value is -1.72. The zero-order chi connectivity index (χ0) is 13.7. The van der Waals surface area contributed by atoms with E-state index in [-0.39, 0.29) is 6.04 Å². The van der Waals surface area contributed by atoms with Crippen LogP contribution < -0.4 is 20.7 Å². The molecule has 0 radical (unpaired) electrons. The molecule has 1 aliphatic rings. The van der Waals surface area contributed by atoms with E-state index in [9.17, 15) is 0 Å². The molecule has 0 amide bonds. The molecule has 5 heteroatoms. The summed E-state index contributed by atoms with van der Waals surface area (Å²) in [7, 11) is 3.23. The lowest BCUT2D eigenvalue weighted by molar-refractivity contribution is 0.167. The largest absolute Gasteiger partial charge is 0.496 e. The van der Waals surface area contributed by atoms with Crippen LogP contribution in [-0.4, -0.2) is 20.8 Å². The number of hydrogen-bond acceptors (Lipinski definition) is 5. The first kappa shape index (κ1) is 13.7. The van der Waals surface area contributed by atoms with Gasteiger partial charge in [-0.15, -0.1) is 0 Å². The normalized spacial score (nSPS) is 16.3. The predicted octanol–water partition coefficient (Wildman–Crippen LogP) is 1.90. The van der Waals surface area contributed by atoms with Crippen LogP contribution in [0.2, 0.25) is 0 Å². The molecule has 0 fully saturated rings. The lowest BCUT2D eigenvalue weighted by atomic mass is 10.0. The zero-order valence-corrected chi connectivity index (χ0v) is 11.3. The molecule has 1 heterocycles. The fourth-order valence-electron chi connectivity index (χ4n) is 2.24. The van der Waals surface area contributed by atoms with Crippen molar-refractivity contribution in [3.63, 3.8) is 0 Å². The maximum absolute atomic E-state index is 5.68. The van der Waals surface area contributed by atoms with Crippen molar-refractivity contribution in [1.82, 2.24) is 5.43 Å². The van der Waals surface area contributed by atoms with Crippen LogP contribution in [0.3, 0.4) is 0 Å².